The van der Waals surface area contributed by atoms with Crippen LogP contribution in [0.2, 0.25) is 0 Å². The third-order valence-electron chi connectivity index (χ3n) is 4.67. The molecule has 8 heteroatoms. The van der Waals surface area contributed by atoms with E-state index in [4.69, 9.17) is 24.7 Å². The number of rotatable bonds is 9. The van der Waals surface area contributed by atoms with Crippen LogP contribution in [0.15, 0.2) is 60.7 Å². The molecule has 3 aromatic rings. The molecule has 0 radical (unpaired) electrons. The molecule has 0 bridgehead atoms. The lowest BCUT2D eigenvalue weighted by Gasteiger charge is -2.14. The molecule has 8 nitrogen and oxygen atoms in total. The van der Waals surface area contributed by atoms with Gasteiger partial charge in [0.1, 0.15) is 11.5 Å². The number of benzene rings is 3. The van der Waals surface area contributed by atoms with Crippen LogP contribution in [0.1, 0.15) is 26.3 Å². The zero-order chi connectivity index (χ0) is 23.1. The Hall–Kier alpha value is -4.20. The van der Waals surface area contributed by atoms with Crippen molar-refractivity contribution in [3.05, 3.63) is 77.4 Å². The monoisotopic (exact) mass is 436 g/mol. The second kappa shape index (κ2) is 10.2. The molecule has 0 spiro atoms. The first-order valence-corrected chi connectivity index (χ1v) is 9.70. The number of amides is 2. The van der Waals surface area contributed by atoms with Crippen molar-refractivity contribution in [2.75, 3.05) is 21.3 Å². The molecule has 0 aromatic heterocycles. The van der Waals surface area contributed by atoms with E-state index >= 15 is 0 Å². The zero-order valence-electron chi connectivity index (χ0n) is 18.0. The lowest BCUT2D eigenvalue weighted by atomic mass is 10.1. The lowest BCUT2D eigenvalue weighted by Crippen LogP contribution is -2.22. The SMILES string of the molecule is COc1cc(CNC(=O)c2ccc(Oc3ccc(C(N)=O)cc3)cc2)cc(OC)c1OC. The Bertz CT molecular complexity index is 1070. The molecule has 32 heavy (non-hydrogen) atoms. The van der Waals surface area contributed by atoms with Crippen LogP contribution < -0.4 is 30.0 Å². The number of nitrogens with one attached hydrogen (secondary N) is 1. The minimum atomic E-state index is -0.501. The molecular formula is C24H24N2O6. The Morgan fingerprint density at radius 1 is 0.781 bits per heavy atom. The topological polar surface area (TPSA) is 109 Å². The second-order valence-corrected chi connectivity index (χ2v) is 6.73. The van der Waals surface area contributed by atoms with Crippen molar-refractivity contribution in [1.82, 2.24) is 5.32 Å². The number of methoxy groups -OCH3 is 3. The van der Waals surface area contributed by atoms with Gasteiger partial charge in [0.2, 0.25) is 11.7 Å². The van der Waals surface area contributed by atoms with Crippen LogP contribution in [0.4, 0.5) is 0 Å². The van der Waals surface area contributed by atoms with Crippen molar-refractivity contribution >= 4 is 11.8 Å². The number of hydrogen-bond donors (Lipinski definition) is 2. The van der Waals surface area contributed by atoms with Gasteiger partial charge in [-0.05, 0) is 66.2 Å². The summed E-state index contributed by atoms with van der Waals surface area (Å²) in [5, 5.41) is 2.87. The van der Waals surface area contributed by atoms with Crippen LogP contribution in [-0.2, 0) is 6.54 Å². The zero-order valence-corrected chi connectivity index (χ0v) is 18.0. The highest BCUT2D eigenvalue weighted by Crippen LogP contribution is 2.38. The Morgan fingerprint density at radius 2 is 1.28 bits per heavy atom. The Balaban J connectivity index is 1.63. The van der Waals surface area contributed by atoms with Gasteiger partial charge in [0, 0.05) is 17.7 Å². The van der Waals surface area contributed by atoms with E-state index in [1.807, 2.05) is 0 Å². The van der Waals surface area contributed by atoms with Gasteiger partial charge in [-0.15, -0.1) is 0 Å². The largest absolute Gasteiger partial charge is 0.493 e. The van der Waals surface area contributed by atoms with E-state index in [0.29, 0.717) is 39.9 Å². The molecule has 0 atom stereocenters. The molecule has 0 saturated carbocycles. The third kappa shape index (κ3) is 5.28. The minimum Gasteiger partial charge on any atom is -0.493 e. The van der Waals surface area contributed by atoms with Crippen LogP contribution in [0.3, 0.4) is 0 Å². The van der Waals surface area contributed by atoms with Crippen LogP contribution in [0.25, 0.3) is 0 Å². The van der Waals surface area contributed by atoms with Gasteiger partial charge in [-0.2, -0.15) is 0 Å². The number of carbonyl (C=O) groups is 2. The van der Waals surface area contributed by atoms with E-state index in [0.717, 1.165) is 5.56 Å². The summed E-state index contributed by atoms with van der Waals surface area (Å²) in [5.74, 6) is 1.88. The first-order valence-electron chi connectivity index (χ1n) is 9.70. The van der Waals surface area contributed by atoms with Gasteiger partial charge in [-0.1, -0.05) is 0 Å². The van der Waals surface area contributed by atoms with Crippen LogP contribution in [-0.4, -0.2) is 33.1 Å². The Labute approximate surface area is 185 Å². The smallest absolute Gasteiger partial charge is 0.251 e. The molecule has 0 aliphatic heterocycles. The summed E-state index contributed by atoms with van der Waals surface area (Å²) < 4.78 is 21.7. The van der Waals surface area contributed by atoms with Crippen molar-refractivity contribution < 1.29 is 28.5 Å². The molecule has 0 aliphatic rings. The van der Waals surface area contributed by atoms with E-state index in [9.17, 15) is 9.59 Å². The van der Waals surface area contributed by atoms with Gasteiger partial charge >= 0.3 is 0 Å². The number of hydrogen-bond acceptors (Lipinski definition) is 6. The Kier molecular flexibility index (Phi) is 7.17. The van der Waals surface area contributed by atoms with Crippen molar-refractivity contribution in [2.24, 2.45) is 5.73 Å². The third-order valence-corrected chi connectivity index (χ3v) is 4.67. The van der Waals surface area contributed by atoms with Gasteiger partial charge < -0.3 is 30.0 Å². The molecule has 3 N–H and O–H groups in total. The maximum absolute atomic E-state index is 12.5. The summed E-state index contributed by atoms with van der Waals surface area (Å²) in [6.07, 6.45) is 0. The van der Waals surface area contributed by atoms with Gasteiger partial charge in [0.25, 0.3) is 5.91 Å². The van der Waals surface area contributed by atoms with Crippen LogP contribution >= 0.6 is 0 Å². The summed E-state index contributed by atoms with van der Waals surface area (Å²) in [4.78, 5) is 23.7. The molecule has 0 saturated heterocycles. The van der Waals surface area contributed by atoms with Crippen LogP contribution in [0, 0.1) is 0 Å². The molecule has 166 valence electrons. The fraction of sp³-hybridized carbons (Fsp3) is 0.167. The van der Waals surface area contributed by atoms with E-state index in [-0.39, 0.29) is 12.5 Å². The lowest BCUT2D eigenvalue weighted by molar-refractivity contribution is 0.0949. The van der Waals surface area contributed by atoms with Crippen molar-refractivity contribution in [3.63, 3.8) is 0 Å². The fourth-order valence-electron chi connectivity index (χ4n) is 3.02. The maximum atomic E-state index is 12.5. The molecule has 2 amide bonds. The van der Waals surface area contributed by atoms with E-state index in [1.54, 1.807) is 60.7 Å². The standard InChI is InChI=1S/C24H24N2O6/c1-29-20-12-15(13-21(30-2)22(20)31-3)14-26-24(28)17-6-10-19(11-7-17)32-18-8-4-16(5-9-18)23(25)27/h4-13H,14H2,1-3H3,(H2,25,27)(H,26,28). The molecule has 3 aromatic carbocycles. The number of primary amides is 1. The summed E-state index contributed by atoms with van der Waals surface area (Å²) >= 11 is 0. The molecule has 0 heterocycles. The summed E-state index contributed by atoms with van der Waals surface area (Å²) in [7, 11) is 4.61. The quantitative estimate of drug-likeness (QED) is 0.531. The molecule has 0 aliphatic carbocycles. The summed E-state index contributed by atoms with van der Waals surface area (Å²) in [6, 6.07) is 16.7. The normalized spacial score (nSPS) is 10.2. The van der Waals surface area contributed by atoms with E-state index in [2.05, 4.69) is 5.32 Å². The maximum Gasteiger partial charge on any atom is 0.251 e. The average molecular weight is 436 g/mol. The molecule has 3 rings (SSSR count). The van der Waals surface area contributed by atoms with E-state index < -0.39 is 5.91 Å². The number of carbonyl (C=O) groups excluding carboxylic acids is 2. The first-order chi connectivity index (χ1) is 15.4. The van der Waals surface area contributed by atoms with Crippen LogP contribution in [0.5, 0.6) is 28.7 Å². The molecule has 0 unspecified atom stereocenters. The van der Waals surface area contributed by atoms with Crippen molar-refractivity contribution in [2.45, 2.75) is 6.54 Å². The summed E-state index contributed by atoms with van der Waals surface area (Å²) in [5.41, 5.74) is 6.91. The van der Waals surface area contributed by atoms with Gasteiger partial charge in [-0.3, -0.25) is 9.59 Å². The number of nitrogens with two attached hydrogens (primary N) is 1. The minimum absolute atomic E-state index is 0.240. The van der Waals surface area contributed by atoms with Crippen molar-refractivity contribution in [3.8, 4) is 28.7 Å². The summed E-state index contributed by atoms with van der Waals surface area (Å²) in [6.45, 7) is 0.278. The second-order valence-electron chi connectivity index (χ2n) is 6.73. The predicted molar refractivity (Wildman–Crippen MR) is 119 cm³/mol. The van der Waals surface area contributed by atoms with E-state index in [1.165, 1.54) is 21.3 Å². The molecule has 0 fully saturated rings. The fourth-order valence-corrected chi connectivity index (χ4v) is 3.02. The highest BCUT2D eigenvalue weighted by molar-refractivity contribution is 5.94. The van der Waals surface area contributed by atoms with Gasteiger partial charge in [0.05, 0.1) is 21.3 Å². The van der Waals surface area contributed by atoms with Gasteiger partial charge in [-0.25, -0.2) is 0 Å². The first kappa shape index (κ1) is 22.5. The average Bonchev–Trinajstić information content (AvgIpc) is 2.82. The Morgan fingerprint density at radius 3 is 1.72 bits per heavy atom. The number of ether oxygens (including phenoxy) is 4. The molecular weight excluding hydrogens is 412 g/mol. The highest BCUT2D eigenvalue weighted by Gasteiger charge is 2.14. The predicted octanol–water partition coefficient (Wildman–Crippen LogP) is 3.53. The van der Waals surface area contributed by atoms with Crippen molar-refractivity contribution in [1.29, 1.82) is 0 Å². The highest BCUT2D eigenvalue weighted by atomic mass is 16.5. The van der Waals surface area contributed by atoms with Gasteiger partial charge in [0.15, 0.2) is 11.5 Å².